The molecule has 0 atom stereocenters. The third-order valence-corrected chi connectivity index (χ3v) is 3.76. The van der Waals surface area contributed by atoms with E-state index in [-0.39, 0.29) is 28.9 Å². The molecule has 1 fully saturated rings. The van der Waals surface area contributed by atoms with Crippen LogP contribution in [0.25, 0.3) is 0 Å². The van der Waals surface area contributed by atoms with Crippen LogP contribution in [0.4, 0.5) is 0 Å². The Bertz CT molecular complexity index is 511. The van der Waals surface area contributed by atoms with Crippen LogP contribution < -0.4 is 5.73 Å². The van der Waals surface area contributed by atoms with Crippen LogP contribution in [-0.4, -0.2) is 39.1 Å². The fourth-order valence-electron chi connectivity index (χ4n) is 2.24. The van der Waals surface area contributed by atoms with Crippen LogP contribution in [0.1, 0.15) is 23.2 Å². The van der Waals surface area contributed by atoms with Crippen molar-refractivity contribution >= 4 is 23.1 Å². The largest absolute Gasteiger partial charge is 0.504 e. The minimum Gasteiger partial charge on any atom is -0.504 e. The van der Waals surface area contributed by atoms with Gasteiger partial charge in [0.05, 0.1) is 10.6 Å². The van der Waals surface area contributed by atoms with E-state index in [1.165, 1.54) is 18.2 Å². The van der Waals surface area contributed by atoms with Crippen molar-refractivity contribution in [2.75, 3.05) is 13.1 Å². The van der Waals surface area contributed by atoms with E-state index in [9.17, 15) is 15.0 Å². The minimum atomic E-state index is -0.371. The van der Waals surface area contributed by atoms with Crippen LogP contribution >= 0.6 is 12.2 Å². The number of thiocarbonyl (C=S) groups is 1. The number of phenols is 2. The van der Waals surface area contributed by atoms with Crippen molar-refractivity contribution in [3.8, 4) is 11.5 Å². The highest BCUT2D eigenvalue weighted by molar-refractivity contribution is 7.80. The molecule has 5 nitrogen and oxygen atoms in total. The average molecular weight is 280 g/mol. The zero-order valence-electron chi connectivity index (χ0n) is 10.4. The molecule has 4 N–H and O–H groups in total. The Morgan fingerprint density at radius 3 is 2.53 bits per heavy atom. The molecule has 1 aliphatic heterocycles. The lowest BCUT2D eigenvalue weighted by Gasteiger charge is -2.31. The van der Waals surface area contributed by atoms with E-state index < -0.39 is 0 Å². The summed E-state index contributed by atoms with van der Waals surface area (Å²) in [6.07, 6.45) is 1.47. The number of aromatic hydroxyl groups is 2. The SMILES string of the molecule is NC(=S)C1CCN(C(=O)c2cccc(O)c2O)CC1. The number of hydrogen-bond acceptors (Lipinski definition) is 4. The average Bonchev–Trinajstić information content (AvgIpc) is 2.41. The molecule has 1 heterocycles. The van der Waals surface area contributed by atoms with E-state index in [4.69, 9.17) is 18.0 Å². The van der Waals surface area contributed by atoms with Crippen LogP contribution in [-0.2, 0) is 0 Å². The molecule has 19 heavy (non-hydrogen) atoms. The molecular weight excluding hydrogens is 264 g/mol. The first-order chi connectivity index (χ1) is 9.00. The molecule has 0 bridgehead atoms. The van der Waals surface area contributed by atoms with Crippen LogP contribution in [0.15, 0.2) is 18.2 Å². The highest BCUT2D eigenvalue weighted by atomic mass is 32.1. The van der Waals surface area contributed by atoms with Crippen molar-refractivity contribution in [3.05, 3.63) is 23.8 Å². The van der Waals surface area contributed by atoms with Gasteiger partial charge in [-0.3, -0.25) is 4.79 Å². The first-order valence-electron chi connectivity index (χ1n) is 6.10. The van der Waals surface area contributed by atoms with Gasteiger partial charge in [0.1, 0.15) is 0 Å². The van der Waals surface area contributed by atoms with Gasteiger partial charge in [-0.15, -0.1) is 0 Å². The molecule has 1 saturated heterocycles. The van der Waals surface area contributed by atoms with Crippen LogP contribution in [0.3, 0.4) is 0 Å². The van der Waals surface area contributed by atoms with E-state index in [0.29, 0.717) is 18.1 Å². The number of rotatable bonds is 2. The summed E-state index contributed by atoms with van der Waals surface area (Å²) >= 11 is 4.95. The number of piperidine rings is 1. The van der Waals surface area contributed by atoms with Gasteiger partial charge in [0.25, 0.3) is 5.91 Å². The molecule has 0 saturated carbocycles. The Kier molecular flexibility index (Phi) is 3.90. The van der Waals surface area contributed by atoms with E-state index in [1.54, 1.807) is 4.90 Å². The van der Waals surface area contributed by atoms with Crippen molar-refractivity contribution in [2.24, 2.45) is 11.7 Å². The number of amides is 1. The first-order valence-corrected chi connectivity index (χ1v) is 6.51. The maximum Gasteiger partial charge on any atom is 0.257 e. The number of phenolic OH excluding ortho intramolecular Hbond substituents is 2. The number of nitrogens with zero attached hydrogens (tertiary/aromatic N) is 1. The maximum absolute atomic E-state index is 12.2. The van der Waals surface area contributed by atoms with E-state index in [0.717, 1.165) is 12.8 Å². The Morgan fingerprint density at radius 1 is 1.32 bits per heavy atom. The maximum atomic E-state index is 12.2. The third kappa shape index (κ3) is 2.78. The predicted molar refractivity (Wildman–Crippen MR) is 75.2 cm³/mol. The summed E-state index contributed by atoms with van der Waals surface area (Å²) in [4.78, 5) is 14.4. The van der Waals surface area contributed by atoms with E-state index in [1.807, 2.05) is 0 Å². The lowest BCUT2D eigenvalue weighted by atomic mass is 9.96. The molecule has 0 spiro atoms. The summed E-state index contributed by atoms with van der Waals surface area (Å²) in [5, 5.41) is 19.1. The van der Waals surface area contributed by atoms with Gasteiger partial charge in [-0.05, 0) is 25.0 Å². The van der Waals surface area contributed by atoms with Gasteiger partial charge in [-0.25, -0.2) is 0 Å². The second kappa shape index (κ2) is 5.44. The predicted octanol–water partition coefficient (Wildman–Crippen LogP) is 1.24. The summed E-state index contributed by atoms with van der Waals surface area (Å²) in [6.45, 7) is 1.10. The van der Waals surface area contributed by atoms with Crippen molar-refractivity contribution in [1.29, 1.82) is 0 Å². The summed E-state index contributed by atoms with van der Waals surface area (Å²) in [5.74, 6) is -0.764. The summed E-state index contributed by atoms with van der Waals surface area (Å²) in [5.41, 5.74) is 5.72. The molecule has 1 aromatic rings. The van der Waals surface area contributed by atoms with Gasteiger partial charge < -0.3 is 20.8 Å². The normalized spacial score (nSPS) is 16.3. The summed E-state index contributed by atoms with van der Waals surface area (Å²) < 4.78 is 0. The Balaban J connectivity index is 2.09. The molecule has 6 heteroatoms. The number of benzene rings is 1. The fraction of sp³-hybridized carbons (Fsp3) is 0.385. The Hall–Kier alpha value is -1.82. The molecule has 1 aromatic carbocycles. The van der Waals surface area contributed by atoms with Gasteiger partial charge >= 0.3 is 0 Å². The molecule has 2 rings (SSSR count). The molecule has 0 aliphatic carbocycles. The lowest BCUT2D eigenvalue weighted by molar-refractivity contribution is 0.0706. The van der Waals surface area contributed by atoms with Gasteiger partial charge in [-0.2, -0.15) is 0 Å². The monoisotopic (exact) mass is 280 g/mol. The Labute approximate surface area is 116 Å². The second-order valence-electron chi connectivity index (χ2n) is 4.64. The molecule has 1 amide bonds. The molecule has 102 valence electrons. The topological polar surface area (TPSA) is 86.8 Å². The zero-order chi connectivity index (χ0) is 14.0. The second-order valence-corrected chi connectivity index (χ2v) is 5.11. The highest BCUT2D eigenvalue weighted by Crippen LogP contribution is 2.30. The molecule has 1 aliphatic rings. The minimum absolute atomic E-state index is 0.119. The number of nitrogens with two attached hydrogens (primary N) is 1. The van der Waals surface area contributed by atoms with Crippen LogP contribution in [0.5, 0.6) is 11.5 Å². The highest BCUT2D eigenvalue weighted by Gasteiger charge is 2.26. The van der Waals surface area contributed by atoms with Crippen molar-refractivity contribution in [2.45, 2.75) is 12.8 Å². The number of carbonyl (C=O) groups excluding carboxylic acids is 1. The summed E-state index contributed by atoms with van der Waals surface area (Å²) in [7, 11) is 0. The fourth-order valence-corrected chi connectivity index (χ4v) is 2.48. The molecule has 0 unspecified atom stereocenters. The van der Waals surface area contributed by atoms with E-state index in [2.05, 4.69) is 0 Å². The van der Waals surface area contributed by atoms with Gasteiger partial charge in [0, 0.05) is 19.0 Å². The van der Waals surface area contributed by atoms with Crippen molar-refractivity contribution in [3.63, 3.8) is 0 Å². The van der Waals surface area contributed by atoms with Gasteiger partial charge in [-0.1, -0.05) is 18.3 Å². The third-order valence-electron chi connectivity index (χ3n) is 3.43. The molecular formula is C13H16N2O3S. The number of likely N-dealkylation sites (tertiary alicyclic amines) is 1. The zero-order valence-corrected chi connectivity index (χ0v) is 11.2. The number of carbonyl (C=O) groups is 1. The van der Waals surface area contributed by atoms with Crippen molar-refractivity contribution < 1.29 is 15.0 Å². The standard InChI is InChI=1S/C13H16N2O3S/c14-12(19)8-4-6-15(7-5-8)13(18)9-2-1-3-10(16)11(9)17/h1-3,8,16-17H,4-7H2,(H2,14,19). The smallest absolute Gasteiger partial charge is 0.257 e. The molecule has 0 radical (unpaired) electrons. The number of hydrogen-bond donors (Lipinski definition) is 3. The van der Waals surface area contributed by atoms with Gasteiger partial charge in [0.2, 0.25) is 0 Å². The van der Waals surface area contributed by atoms with Crippen LogP contribution in [0, 0.1) is 5.92 Å². The lowest BCUT2D eigenvalue weighted by Crippen LogP contribution is -2.41. The van der Waals surface area contributed by atoms with E-state index >= 15 is 0 Å². The van der Waals surface area contributed by atoms with Crippen LogP contribution in [0.2, 0.25) is 0 Å². The van der Waals surface area contributed by atoms with Gasteiger partial charge in [0.15, 0.2) is 11.5 Å². The quantitative estimate of drug-likeness (QED) is 0.560. The Morgan fingerprint density at radius 2 is 1.95 bits per heavy atom. The molecule has 0 aromatic heterocycles. The number of para-hydroxylation sites is 1. The summed E-state index contributed by atoms with van der Waals surface area (Å²) in [6, 6.07) is 4.37. The van der Waals surface area contributed by atoms with Crippen molar-refractivity contribution in [1.82, 2.24) is 4.90 Å². The first kappa shape index (κ1) is 13.6.